The fourth-order valence-electron chi connectivity index (χ4n) is 3.00. The van der Waals surface area contributed by atoms with Gasteiger partial charge in [-0.3, -0.25) is 14.5 Å². The first-order chi connectivity index (χ1) is 14.2. The van der Waals surface area contributed by atoms with Gasteiger partial charge in [0.25, 0.3) is 0 Å². The molecular weight excluding hydrogens is 400 g/mol. The second kappa shape index (κ2) is 8.96. The zero-order valence-corrected chi connectivity index (χ0v) is 17.7. The van der Waals surface area contributed by atoms with Crippen LogP contribution in [0.25, 0.3) is 17.0 Å². The molecule has 0 bridgehead atoms. The van der Waals surface area contributed by atoms with E-state index in [1.54, 1.807) is 36.4 Å². The average Bonchev–Trinajstić information content (AvgIpc) is 2.67. The highest BCUT2D eigenvalue weighted by molar-refractivity contribution is 7.92. The maximum Gasteiger partial charge on any atom is 0.248 e. The van der Waals surface area contributed by atoms with E-state index in [1.807, 2.05) is 18.2 Å². The number of rotatable bonds is 7. The molecule has 2 aromatic carbocycles. The van der Waals surface area contributed by atoms with Gasteiger partial charge in [-0.2, -0.15) is 0 Å². The van der Waals surface area contributed by atoms with Crippen molar-refractivity contribution < 1.29 is 13.2 Å². The molecule has 1 amide bonds. The van der Waals surface area contributed by atoms with Crippen LogP contribution in [-0.4, -0.2) is 25.6 Å². The van der Waals surface area contributed by atoms with Crippen LogP contribution in [0.15, 0.2) is 54.6 Å². The number of nitrogens with one attached hydrogen (secondary N) is 2. The maximum atomic E-state index is 12.3. The van der Waals surface area contributed by atoms with Gasteiger partial charge in [-0.25, -0.2) is 8.42 Å². The van der Waals surface area contributed by atoms with E-state index in [4.69, 9.17) is 5.73 Å². The molecule has 0 spiro atoms. The third-order valence-corrected chi connectivity index (χ3v) is 4.91. The number of carbonyl (C=O) groups is 1. The largest absolute Gasteiger partial charge is 0.398 e. The van der Waals surface area contributed by atoms with Crippen molar-refractivity contribution in [2.45, 2.75) is 19.8 Å². The number of carbonyl (C=O) groups excluding carboxylic acids is 1. The zero-order valence-electron chi connectivity index (χ0n) is 16.8. The normalized spacial score (nSPS) is 11.7. The van der Waals surface area contributed by atoms with Crippen LogP contribution in [-0.2, 0) is 21.2 Å². The van der Waals surface area contributed by atoms with Crippen molar-refractivity contribution in [1.29, 1.82) is 0 Å². The molecule has 0 fully saturated rings. The smallest absolute Gasteiger partial charge is 0.248 e. The van der Waals surface area contributed by atoms with Crippen LogP contribution >= 0.6 is 0 Å². The Balaban J connectivity index is 1.69. The van der Waals surface area contributed by atoms with E-state index in [0.29, 0.717) is 17.1 Å². The number of anilines is 3. The summed E-state index contributed by atoms with van der Waals surface area (Å²) in [4.78, 5) is 16.9. The molecule has 7 nitrogen and oxygen atoms in total. The monoisotopic (exact) mass is 424 g/mol. The van der Waals surface area contributed by atoms with E-state index in [0.717, 1.165) is 41.3 Å². The summed E-state index contributed by atoms with van der Waals surface area (Å²) in [6.45, 7) is 2.09. The summed E-state index contributed by atoms with van der Waals surface area (Å²) >= 11 is 0. The lowest BCUT2D eigenvalue weighted by Gasteiger charge is -2.08. The second-order valence-electron chi connectivity index (χ2n) is 7.00. The summed E-state index contributed by atoms with van der Waals surface area (Å²) in [6.07, 6.45) is 6.01. The predicted octanol–water partition coefficient (Wildman–Crippen LogP) is 3.79. The van der Waals surface area contributed by atoms with E-state index < -0.39 is 10.0 Å². The van der Waals surface area contributed by atoms with Gasteiger partial charge in [-0.1, -0.05) is 25.5 Å². The lowest BCUT2D eigenvalue weighted by molar-refractivity contribution is -0.111. The van der Waals surface area contributed by atoms with Crippen LogP contribution in [0.3, 0.4) is 0 Å². The minimum absolute atomic E-state index is 0.290. The molecule has 0 atom stereocenters. The molecule has 3 rings (SSSR count). The van der Waals surface area contributed by atoms with E-state index in [1.165, 1.54) is 6.08 Å². The maximum absolute atomic E-state index is 12.3. The minimum Gasteiger partial charge on any atom is -0.398 e. The van der Waals surface area contributed by atoms with Gasteiger partial charge in [0.2, 0.25) is 15.9 Å². The van der Waals surface area contributed by atoms with Crippen molar-refractivity contribution in [3.05, 3.63) is 65.9 Å². The highest BCUT2D eigenvalue weighted by atomic mass is 32.2. The van der Waals surface area contributed by atoms with Crippen molar-refractivity contribution >= 4 is 50.0 Å². The van der Waals surface area contributed by atoms with Gasteiger partial charge in [-0.15, -0.1) is 0 Å². The summed E-state index contributed by atoms with van der Waals surface area (Å²) in [7, 11) is -3.32. The van der Waals surface area contributed by atoms with Gasteiger partial charge < -0.3 is 11.1 Å². The molecule has 1 aromatic heterocycles. The van der Waals surface area contributed by atoms with Crippen LogP contribution in [0, 0.1) is 0 Å². The Hall–Kier alpha value is -3.39. The van der Waals surface area contributed by atoms with Crippen molar-refractivity contribution in [2.75, 3.05) is 22.0 Å². The van der Waals surface area contributed by atoms with Gasteiger partial charge in [0.1, 0.15) is 0 Å². The summed E-state index contributed by atoms with van der Waals surface area (Å²) in [5, 5.41) is 3.61. The fourth-order valence-corrected chi connectivity index (χ4v) is 3.57. The molecule has 0 aliphatic rings. The Morgan fingerprint density at radius 3 is 2.47 bits per heavy atom. The third kappa shape index (κ3) is 5.81. The number of sulfonamides is 1. The highest BCUT2D eigenvalue weighted by Gasteiger charge is 2.06. The van der Waals surface area contributed by atoms with Gasteiger partial charge in [0.05, 0.1) is 11.8 Å². The number of benzene rings is 2. The Bertz CT molecular complexity index is 1200. The lowest BCUT2D eigenvalue weighted by atomic mass is 10.1. The van der Waals surface area contributed by atoms with Crippen LogP contribution in [0.1, 0.15) is 24.6 Å². The van der Waals surface area contributed by atoms with Gasteiger partial charge >= 0.3 is 0 Å². The number of fused-ring (bicyclic) bond motifs is 1. The molecular formula is C22H24N4O3S. The Labute approximate surface area is 176 Å². The Morgan fingerprint density at radius 1 is 1.10 bits per heavy atom. The predicted molar refractivity (Wildman–Crippen MR) is 123 cm³/mol. The molecule has 1 heterocycles. The van der Waals surface area contributed by atoms with E-state index in [9.17, 15) is 13.2 Å². The standard InChI is InChI=1S/C22H24N4O3S/c1-3-4-17-14-20(23)19-13-18(10-11-21(19)24-17)25-22(27)12-7-15-5-8-16(9-6-15)26-30(2,28)29/h5-14,26H,3-4H2,1-2H3,(H2,23,24)(H,25,27)/b12-7+. The number of pyridine rings is 1. The van der Waals surface area contributed by atoms with Crippen molar-refractivity contribution in [3.8, 4) is 0 Å². The van der Waals surface area contributed by atoms with E-state index >= 15 is 0 Å². The third-order valence-electron chi connectivity index (χ3n) is 4.31. The lowest BCUT2D eigenvalue weighted by Crippen LogP contribution is -2.09. The summed E-state index contributed by atoms with van der Waals surface area (Å²) in [6, 6.07) is 14.0. The van der Waals surface area contributed by atoms with Gasteiger partial charge in [0.15, 0.2) is 0 Å². The summed E-state index contributed by atoms with van der Waals surface area (Å²) < 4.78 is 24.9. The zero-order chi connectivity index (χ0) is 21.7. The van der Waals surface area contributed by atoms with Crippen LogP contribution < -0.4 is 15.8 Å². The minimum atomic E-state index is -3.32. The first-order valence-electron chi connectivity index (χ1n) is 9.49. The number of aromatic nitrogens is 1. The number of nitrogens with two attached hydrogens (primary N) is 1. The molecule has 156 valence electrons. The van der Waals surface area contributed by atoms with Crippen LogP contribution in [0.5, 0.6) is 0 Å². The quantitative estimate of drug-likeness (QED) is 0.499. The molecule has 0 saturated carbocycles. The van der Waals surface area contributed by atoms with Gasteiger partial charge in [0, 0.05) is 34.2 Å². The molecule has 3 aromatic rings. The molecule has 0 saturated heterocycles. The van der Waals surface area contributed by atoms with Crippen LogP contribution in [0.4, 0.5) is 17.1 Å². The molecule has 8 heteroatoms. The first-order valence-corrected chi connectivity index (χ1v) is 11.4. The highest BCUT2D eigenvalue weighted by Crippen LogP contribution is 2.24. The molecule has 0 radical (unpaired) electrons. The Kier molecular flexibility index (Phi) is 6.37. The molecule has 0 aliphatic carbocycles. The summed E-state index contributed by atoms with van der Waals surface area (Å²) in [5.74, 6) is -0.290. The summed E-state index contributed by atoms with van der Waals surface area (Å²) in [5.41, 5.74) is 10.4. The molecule has 4 N–H and O–H groups in total. The Morgan fingerprint density at radius 2 is 1.80 bits per heavy atom. The SMILES string of the molecule is CCCc1cc(N)c2cc(NC(=O)/C=C/c3ccc(NS(C)(=O)=O)cc3)ccc2n1. The van der Waals surface area contributed by atoms with Crippen LogP contribution in [0.2, 0.25) is 0 Å². The number of hydrogen-bond donors (Lipinski definition) is 3. The van der Waals surface area contributed by atoms with E-state index in [-0.39, 0.29) is 5.91 Å². The fraction of sp³-hybridized carbons (Fsp3) is 0.182. The molecule has 0 aliphatic heterocycles. The number of aryl methyl sites for hydroxylation is 1. The average molecular weight is 425 g/mol. The number of nitrogen functional groups attached to an aromatic ring is 1. The molecule has 30 heavy (non-hydrogen) atoms. The first kappa shape index (κ1) is 21.3. The second-order valence-corrected chi connectivity index (χ2v) is 8.75. The van der Waals surface area contributed by atoms with Crippen molar-refractivity contribution in [1.82, 2.24) is 4.98 Å². The van der Waals surface area contributed by atoms with Crippen molar-refractivity contribution in [2.24, 2.45) is 0 Å². The molecule has 0 unspecified atom stereocenters. The number of amides is 1. The topological polar surface area (TPSA) is 114 Å². The van der Waals surface area contributed by atoms with Crippen molar-refractivity contribution in [3.63, 3.8) is 0 Å². The number of nitrogens with zero attached hydrogens (tertiary/aromatic N) is 1. The van der Waals surface area contributed by atoms with Gasteiger partial charge in [-0.05, 0) is 54.5 Å². The number of hydrogen-bond acceptors (Lipinski definition) is 5. The van der Waals surface area contributed by atoms with E-state index in [2.05, 4.69) is 21.9 Å².